The van der Waals surface area contributed by atoms with Crippen LogP contribution in [0, 0.1) is 6.92 Å². The van der Waals surface area contributed by atoms with Crippen LogP contribution in [0.1, 0.15) is 35.3 Å². The van der Waals surface area contributed by atoms with Gasteiger partial charge in [-0.25, -0.2) is 0 Å². The molecule has 0 atom stereocenters. The molecule has 2 amide bonds. The summed E-state index contributed by atoms with van der Waals surface area (Å²) in [7, 11) is 0. The highest BCUT2D eigenvalue weighted by molar-refractivity contribution is 8.26. The van der Waals surface area contributed by atoms with Crippen LogP contribution >= 0.6 is 24.0 Å². The number of benzene rings is 2. The second-order valence-electron chi connectivity index (χ2n) is 6.40. The summed E-state index contributed by atoms with van der Waals surface area (Å²) in [5, 5.41) is 1.10. The first kappa shape index (κ1) is 21.9. The number of ether oxygens (including phenoxy) is 2. The number of nitrogens with zero attached hydrogens (tertiary/aromatic N) is 1. The summed E-state index contributed by atoms with van der Waals surface area (Å²) in [6.07, 6.45) is 1.72. The van der Waals surface area contributed by atoms with Crippen molar-refractivity contribution in [2.75, 3.05) is 13.2 Å². The van der Waals surface area contributed by atoms with Crippen LogP contribution in [0.3, 0.4) is 0 Å². The number of amides is 2. The lowest BCUT2D eigenvalue weighted by atomic mass is 10.1. The highest BCUT2D eigenvalue weighted by atomic mass is 32.2. The van der Waals surface area contributed by atoms with Crippen LogP contribution in [-0.4, -0.2) is 34.4 Å². The van der Waals surface area contributed by atoms with Crippen molar-refractivity contribution in [3.05, 3.63) is 64.1 Å². The summed E-state index contributed by atoms with van der Waals surface area (Å²) in [6, 6.07) is 12.5. The largest absolute Gasteiger partial charge is 0.490 e. The lowest BCUT2D eigenvalue weighted by molar-refractivity contribution is -0.123. The van der Waals surface area contributed by atoms with Crippen LogP contribution in [0.4, 0.5) is 0 Å². The van der Waals surface area contributed by atoms with E-state index in [1.807, 2.05) is 45.0 Å². The van der Waals surface area contributed by atoms with Crippen LogP contribution in [-0.2, 0) is 4.79 Å². The van der Waals surface area contributed by atoms with Gasteiger partial charge in [0, 0.05) is 5.56 Å². The van der Waals surface area contributed by atoms with E-state index in [1.54, 1.807) is 24.3 Å². The third-order valence-corrected chi connectivity index (χ3v) is 5.49. The maximum Gasteiger partial charge on any atom is 0.285 e. The van der Waals surface area contributed by atoms with Crippen molar-refractivity contribution in [2.24, 2.45) is 0 Å². The average molecular weight is 443 g/mol. The van der Waals surface area contributed by atoms with Gasteiger partial charge in [0.1, 0.15) is 0 Å². The standard InChI is InChI=1S/C22H22N2O4S2/c1-4-27-17-11-8-15(12-18(17)28-5-2)13-19-21(26)24(22(29)30-19)23-20(25)16-9-6-14(3)7-10-16/h6-13H,4-5H2,1-3H3,(H,23,25)/b19-13-. The van der Waals surface area contributed by atoms with Crippen LogP contribution in [0.25, 0.3) is 6.08 Å². The van der Waals surface area contributed by atoms with Crippen molar-refractivity contribution < 1.29 is 19.1 Å². The van der Waals surface area contributed by atoms with Crippen LogP contribution in [0.2, 0.25) is 0 Å². The van der Waals surface area contributed by atoms with E-state index in [-0.39, 0.29) is 10.2 Å². The predicted molar refractivity (Wildman–Crippen MR) is 122 cm³/mol. The number of carbonyl (C=O) groups is 2. The molecular weight excluding hydrogens is 420 g/mol. The molecule has 0 spiro atoms. The molecule has 1 aliphatic rings. The molecule has 0 saturated carbocycles. The number of aryl methyl sites for hydroxylation is 1. The van der Waals surface area contributed by atoms with Crippen molar-refractivity contribution in [1.29, 1.82) is 0 Å². The molecule has 0 unspecified atom stereocenters. The van der Waals surface area contributed by atoms with E-state index >= 15 is 0 Å². The zero-order valence-electron chi connectivity index (χ0n) is 16.9. The molecule has 2 aromatic carbocycles. The first-order valence-electron chi connectivity index (χ1n) is 9.48. The molecule has 8 heteroatoms. The SMILES string of the molecule is CCOc1ccc(/C=C2\SC(=S)N(NC(=O)c3ccc(C)cc3)C2=O)cc1OCC. The molecule has 3 rings (SSSR count). The summed E-state index contributed by atoms with van der Waals surface area (Å²) < 4.78 is 11.5. The normalized spacial score (nSPS) is 14.9. The maximum atomic E-state index is 12.8. The molecule has 6 nitrogen and oxygen atoms in total. The van der Waals surface area contributed by atoms with Gasteiger partial charge >= 0.3 is 0 Å². The Balaban J connectivity index is 1.78. The molecule has 156 valence electrons. The summed E-state index contributed by atoms with van der Waals surface area (Å²) in [5.74, 6) is 0.482. The first-order valence-corrected chi connectivity index (χ1v) is 10.7. The van der Waals surface area contributed by atoms with Crippen LogP contribution in [0.15, 0.2) is 47.4 Å². The Morgan fingerprint density at radius 3 is 2.43 bits per heavy atom. The van der Waals surface area contributed by atoms with E-state index in [4.69, 9.17) is 21.7 Å². The molecule has 30 heavy (non-hydrogen) atoms. The minimum atomic E-state index is -0.396. The van der Waals surface area contributed by atoms with E-state index in [9.17, 15) is 9.59 Å². The fourth-order valence-electron chi connectivity index (χ4n) is 2.74. The van der Waals surface area contributed by atoms with Crippen molar-refractivity contribution in [2.45, 2.75) is 20.8 Å². The average Bonchev–Trinajstić information content (AvgIpc) is 2.98. The smallest absolute Gasteiger partial charge is 0.285 e. The van der Waals surface area contributed by atoms with Gasteiger partial charge in [-0.15, -0.1) is 0 Å². The minimum Gasteiger partial charge on any atom is -0.490 e. The van der Waals surface area contributed by atoms with E-state index in [2.05, 4.69) is 5.43 Å². The van der Waals surface area contributed by atoms with Gasteiger partial charge in [-0.05, 0) is 68.9 Å². The summed E-state index contributed by atoms with van der Waals surface area (Å²) in [6.45, 7) is 6.76. The van der Waals surface area contributed by atoms with Gasteiger partial charge in [0.25, 0.3) is 11.8 Å². The second kappa shape index (κ2) is 9.77. The molecule has 1 heterocycles. The number of thiocarbonyl (C=S) groups is 1. The summed E-state index contributed by atoms with van der Waals surface area (Å²) in [5.41, 5.74) is 4.85. The van der Waals surface area contributed by atoms with Gasteiger partial charge in [-0.2, -0.15) is 5.01 Å². The Morgan fingerprint density at radius 1 is 1.10 bits per heavy atom. The van der Waals surface area contributed by atoms with Crippen molar-refractivity contribution in [3.8, 4) is 11.5 Å². The number of nitrogens with one attached hydrogen (secondary N) is 1. The summed E-state index contributed by atoms with van der Waals surface area (Å²) >= 11 is 6.42. The molecule has 2 aromatic rings. The van der Waals surface area contributed by atoms with E-state index in [0.29, 0.717) is 35.2 Å². The predicted octanol–water partition coefficient (Wildman–Crippen LogP) is 4.34. The second-order valence-corrected chi connectivity index (χ2v) is 8.07. The van der Waals surface area contributed by atoms with Gasteiger partial charge in [-0.3, -0.25) is 15.0 Å². The number of rotatable bonds is 7. The molecule has 0 radical (unpaired) electrons. The summed E-state index contributed by atoms with van der Waals surface area (Å²) in [4.78, 5) is 25.7. The Morgan fingerprint density at radius 2 is 1.77 bits per heavy atom. The Bertz CT molecular complexity index is 1000. The lowest BCUT2D eigenvalue weighted by Gasteiger charge is -2.15. The zero-order chi connectivity index (χ0) is 21.7. The van der Waals surface area contributed by atoms with Crippen molar-refractivity contribution in [1.82, 2.24) is 10.4 Å². The van der Waals surface area contributed by atoms with E-state index < -0.39 is 5.91 Å². The molecule has 0 aromatic heterocycles. The fraction of sp³-hybridized carbons (Fsp3) is 0.227. The molecule has 1 saturated heterocycles. The van der Waals surface area contributed by atoms with E-state index in [1.165, 1.54) is 0 Å². The third kappa shape index (κ3) is 5.01. The Hall–Kier alpha value is -2.84. The Labute approximate surface area is 185 Å². The molecular formula is C22H22N2O4S2. The molecule has 0 aliphatic carbocycles. The van der Waals surface area contributed by atoms with Gasteiger partial charge in [0.2, 0.25) is 0 Å². The van der Waals surface area contributed by atoms with Crippen LogP contribution in [0.5, 0.6) is 11.5 Å². The molecule has 1 aliphatic heterocycles. The molecule has 0 bridgehead atoms. The number of hydrogen-bond donors (Lipinski definition) is 1. The molecule has 1 fully saturated rings. The highest BCUT2D eigenvalue weighted by Gasteiger charge is 2.33. The van der Waals surface area contributed by atoms with Gasteiger partial charge in [0.05, 0.1) is 18.1 Å². The first-order chi connectivity index (χ1) is 14.4. The topological polar surface area (TPSA) is 67.9 Å². The van der Waals surface area contributed by atoms with Crippen molar-refractivity contribution in [3.63, 3.8) is 0 Å². The van der Waals surface area contributed by atoms with Crippen molar-refractivity contribution >= 4 is 46.2 Å². The zero-order valence-corrected chi connectivity index (χ0v) is 18.6. The number of hydrazine groups is 1. The minimum absolute atomic E-state index is 0.266. The lowest BCUT2D eigenvalue weighted by Crippen LogP contribution is -2.44. The highest BCUT2D eigenvalue weighted by Crippen LogP contribution is 2.34. The number of thioether (sulfide) groups is 1. The number of carbonyl (C=O) groups excluding carboxylic acids is 2. The van der Waals surface area contributed by atoms with Gasteiger partial charge in [0.15, 0.2) is 15.8 Å². The van der Waals surface area contributed by atoms with Gasteiger partial charge in [-0.1, -0.05) is 35.5 Å². The van der Waals surface area contributed by atoms with Crippen LogP contribution < -0.4 is 14.9 Å². The Kier molecular flexibility index (Phi) is 7.12. The monoisotopic (exact) mass is 442 g/mol. The molecule has 1 N–H and O–H groups in total. The fourth-order valence-corrected chi connectivity index (χ4v) is 3.92. The third-order valence-electron chi connectivity index (χ3n) is 4.19. The maximum absolute atomic E-state index is 12.8. The van der Waals surface area contributed by atoms with E-state index in [0.717, 1.165) is 27.9 Å². The quantitative estimate of drug-likeness (QED) is 0.508. The number of hydrogen-bond acceptors (Lipinski definition) is 6. The van der Waals surface area contributed by atoms with Gasteiger partial charge < -0.3 is 9.47 Å².